The monoisotopic (exact) mass is 296 g/mol. The topological polar surface area (TPSA) is 49.4 Å². The van der Waals surface area contributed by atoms with Crippen LogP contribution in [0, 0.1) is 5.92 Å². The molecular weight excluding hydrogens is 272 g/mol. The normalized spacial score (nSPS) is 19.2. The van der Waals surface area contributed by atoms with E-state index in [0.717, 1.165) is 32.0 Å². The van der Waals surface area contributed by atoms with Gasteiger partial charge in [0.05, 0.1) is 5.75 Å². The lowest BCUT2D eigenvalue weighted by Gasteiger charge is -2.30. The van der Waals surface area contributed by atoms with Crippen molar-refractivity contribution in [3.63, 3.8) is 0 Å². The van der Waals surface area contributed by atoms with Crippen molar-refractivity contribution in [2.75, 3.05) is 37.8 Å². The van der Waals surface area contributed by atoms with Crippen LogP contribution in [0.25, 0.3) is 0 Å². The fourth-order valence-electron chi connectivity index (χ4n) is 2.13. The fraction of sp³-hybridized carbons (Fsp3) is 1.00. The molecule has 0 atom stereocenters. The van der Waals surface area contributed by atoms with E-state index in [1.54, 1.807) is 0 Å². The molecule has 6 heteroatoms. The van der Waals surface area contributed by atoms with E-state index in [0.29, 0.717) is 18.8 Å². The second kappa shape index (κ2) is 8.35. The molecular formula is C12H25ClN2O2S. The lowest BCUT2D eigenvalue weighted by atomic mass is 9.99. The smallest absolute Gasteiger partial charge is 0.211 e. The summed E-state index contributed by atoms with van der Waals surface area (Å²) in [5, 5.41) is 0. The van der Waals surface area contributed by atoms with E-state index in [4.69, 9.17) is 11.6 Å². The molecule has 0 aliphatic carbocycles. The molecule has 0 aromatic carbocycles. The Bertz CT molecular complexity index is 314. The Labute approximate surface area is 116 Å². The number of rotatable bonds is 8. The Kier molecular flexibility index (Phi) is 7.53. The molecule has 1 N–H and O–H groups in total. The lowest BCUT2D eigenvalue weighted by Crippen LogP contribution is -2.35. The molecule has 1 saturated heterocycles. The zero-order chi connectivity index (χ0) is 13.4. The number of nitrogens with one attached hydrogen (secondary N) is 1. The summed E-state index contributed by atoms with van der Waals surface area (Å²) in [6.07, 6.45) is 3.93. The Hall–Kier alpha value is 0.160. The third-order valence-electron chi connectivity index (χ3n) is 3.40. The quantitative estimate of drug-likeness (QED) is 0.547. The van der Waals surface area contributed by atoms with Gasteiger partial charge < -0.3 is 4.90 Å². The molecule has 0 radical (unpaired) electrons. The molecule has 0 bridgehead atoms. The van der Waals surface area contributed by atoms with Crippen molar-refractivity contribution < 1.29 is 8.42 Å². The van der Waals surface area contributed by atoms with Crippen LogP contribution in [0.3, 0.4) is 0 Å². The highest BCUT2D eigenvalue weighted by Gasteiger charge is 2.15. The first kappa shape index (κ1) is 16.2. The minimum Gasteiger partial charge on any atom is -0.303 e. The first-order chi connectivity index (χ1) is 8.53. The van der Waals surface area contributed by atoms with Gasteiger partial charge in [0.2, 0.25) is 10.0 Å². The maximum atomic E-state index is 11.5. The Morgan fingerprint density at radius 3 is 2.56 bits per heavy atom. The molecule has 1 aliphatic heterocycles. The maximum absolute atomic E-state index is 11.5. The van der Waals surface area contributed by atoms with E-state index in [-0.39, 0.29) is 5.75 Å². The van der Waals surface area contributed by atoms with Gasteiger partial charge in [0.15, 0.2) is 0 Å². The average Bonchev–Trinajstić information content (AvgIpc) is 2.34. The molecule has 18 heavy (non-hydrogen) atoms. The maximum Gasteiger partial charge on any atom is 0.211 e. The van der Waals surface area contributed by atoms with Gasteiger partial charge in [0.25, 0.3) is 0 Å². The van der Waals surface area contributed by atoms with Gasteiger partial charge in [0.1, 0.15) is 0 Å². The van der Waals surface area contributed by atoms with Gasteiger partial charge in [-0.05, 0) is 51.2 Å². The Morgan fingerprint density at radius 1 is 1.28 bits per heavy atom. The van der Waals surface area contributed by atoms with Crippen molar-refractivity contribution in [2.45, 2.75) is 32.6 Å². The number of alkyl halides is 1. The van der Waals surface area contributed by atoms with Gasteiger partial charge in [-0.25, -0.2) is 13.1 Å². The third-order valence-corrected chi connectivity index (χ3v) is 5.13. The van der Waals surface area contributed by atoms with E-state index in [9.17, 15) is 8.42 Å². The van der Waals surface area contributed by atoms with Gasteiger partial charge in [-0.3, -0.25) is 0 Å². The summed E-state index contributed by atoms with van der Waals surface area (Å²) in [5.74, 6) is 1.38. The molecule has 0 aromatic rings. The van der Waals surface area contributed by atoms with Crippen LogP contribution in [0.15, 0.2) is 0 Å². The second-order valence-electron chi connectivity index (χ2n) is 5.13. The van der Waals surface area contributed by atoms with Gasteiger partial charge in [-0.1, -0.05) is 6.92 Å². The van der Waals surface area contributed by atoms with Crippen LogP contribution in [-0.4, -0.2) is 51.1 Å². The van der Waals surface area contributed by atoms with Crippen molar-refractivity contribution in [1.29, 1.82) is 0 Å². The van der Waals surface area contributed by atoms with Crippen molar-refractivity contribution in [3.05, 3.63) is 0 Å². The molecule has 0 amide bonds. The summed E-state index contributed by atoms with van der Waals surface area (Å²) in [4.78, 5) is 2.42. The molecule has 1 rings (SSSR count). The minimum atomic E-state index is -3.11. The molecule has 1 aliphatic rings. The summed E-state index contributed by atoms with van der Waals surface area (Å²) in [6.45, 7) is 6.13. The molecule has 1 heterocycles. The first-order valence-electron chi connectivity index (χ1n) is 6.79. The number of piperidine rings is 1. The van der Waals surface area contributed by atoms with Crippen LogP contribution in [0.2, 0.25) is 0 Å². The van der Waals surface area contributed by atoms with Crippen molar-refractivity contribution >= 4 is 21.6 Å². The van der Waals surface area contributed by atoms with Crippen LogP contribution in [-0.2, 0) is 10.0 Å². The van der Waals surface area contributed by atoms with Crippen LogP contribution in [0.5, 0.6) is 0 Å². The van der Waals surface area contributed by atoms with Crippen LogP contribution >= 0.6 is 11.6 Å². The van der Waals surface area contributed by atoms with Crippen LogP contribution < -0.4 is 4.72 Å². The third kappa shape index (κ3) is 6.92. The SMILES string of the molecule is CC1CCN(CCCNS(=O)(=O)CCCCl)CC1. The second-order valence-corrected chi connectivity index (χ2v) is 7.44. The van der Waals surface area contributed by atoms with Gasteiger partial charge in [0, 0.05) is 12.4 Å². The Morgan fingerprint density at radius 2 is 1.94 bits per heavy atom. The predicted octanol–water partition coefficient (Wildman–Crippen LogP) is 1.66. The highest BCUT2D eigenvalue weighted by Crippen LogP contribution is 2.15. The van der Waals surface area contributed by atoms with Crippen molar-refractivity contribution in [1.82, 2.24) is 9.62 Å². The predicted molar refractivity (Wildman–Crippen MR) is 76.6 cm³/mol. The van der Waals surface area contributed by atoms with Crippen molar-refractivity contribution in [3.8, 4) is 0 Å². The van der Waals surface area contributed by atoms with E-state index in [1.807, 2.05) is 0 Å². The lowest BCUT2D eigenvalue weighted by molar-refractivity contribution is 0.191. The molecule has 0 aromatic heterocycles. The highest BCUT2D eigenvalue weighted by molar-refractivity contribution is 7.89. The summed E-state index contributed by atoms with van der Waals surface area (Å²) < 4.78 is 25.6. The number of likely N-dealkylation sites (tertiary alicyclic amines) is 1. The summed E-state index contributed by atoms with van der Waals surface area (Å²) in [7, 11) is -3.11. The number of hydrogen-bond donors (Lipinski definition) is 1. The first-order valence-corrected chi connectivity index (χ1v) is 8.98. The summed E-state index contributed by atoms with van der Waals surface area (Å²) in [5.41, 5.74) is 0. The number of halogens is 1. The summed E-state index contributed by atoms with van der Waals surface area (Å²) >= 11 is 5.48. The van der Waals surface area contributed by atoms with Crippen LogP contribution in [0.4, 0.5) is 0 Å². The van der Waals surface area contributed by atoms with E-state index >= 15 is 0 Å². The molecule has 108 valence electrons. The van der Waals surface area contributed by atoms with Gasteiger partial charge >= 0.3 is 0 Å². The zero-order valence-corrected chi connectivity index (χ0v) is 12.8. The van der Waals surface area contributed by atoms with Crippen LogP contribution in [0.1, 0.15) is 32.6 Å². The van der Waals surface area contributed by atoms with E-state index in [1.165, 1.54) is 12.8 Å². The molecule has 4 nitrogen and oxygen atoms in total. The molecule has 1 fully saturated rings. The van der Waals surface area contributed by atoms with E-state index in [2.05, 4.69) is 16.5 Å². The molecule has 0 unspecified atom stereocenters. The van der Waals surface area contributed by atoms with Crippen molar-refractivity contribution in [2.24, 2.45) is 5.92 Å². The summed E-state index contributed by atoms with van der Waals surface area (Å²) in [6, 6.07) is 0. The van der Waals surface area contributed by atoms with E-state index < -0.39 is 10.0 Å². The minimum absolute atomic E-state index is 0.137. The number of hydrogen-bond acceptors (Lipinski definition) is 3. The fourth-order valence-corrected chi connectivity index (χ4v) is 3.55. The van der Waals surface area contributed by atoms with Gasteiger partial charge in [-0.2, -0.15) is 0 Å². The Balaban J connectivity index is 2.07. The molecule has 0 spiro atoms. The standard InChI is InChI=1S/C12H25ClN2O2S/c1-12-4-9-15(10-5-12)8-3-7-14-18(16,17)11-2-6-13/h12,14H,2-11H2,1H3. The van der Waals surface area contributed by atoms with Gasteiger partial charge in [-0.15, -0.1) is 11.6 Å². The average molecular weight is 297 g/mol. The highest BCUT2D eigenvalue weighted by atomic mass is 35.5. The number of nitrogens with zero attached hydrogens (tertiary/aromatic N) is 1. The number of sulfonamides is 1. The molecule has 0 saturated carbocycles. The largest absolute Gasteiger partial charge is 0.303 e. The zero-order valence-electron chi connectivity index (χ0n) is 11.2.